The molecule has 1 fully saturated rings. The van der Waals surface area contributed by atoms with Gasteiger partial charge in [-0.25, -0.2) is 8.42 Å². The van der Waals surface area contributed by atoms with E-state index < -0.39 is 9.84 Å². The first-order valence-corrected chi connectivity index (χ1v) is 9.70. The molecule has 108 valence electrons. The van der Waals surface area contributed by atoms with Crippen LogP contribution in [0.5, 0.6) is 0 Å². The second kappa shape index (κ2) is 5.81. The van der Waals surface area contributed by atoms with Crippen LogP contribution >= 0.6 is 27.3 Å². The molecular weight excluding hydrogens is 348 g/mol. The van der Waals surface area contributed by atoms with Crippen molar-refractivity contribution in [2.45, 2.75) is 32.0 Å². The Morgan fingerprint density at radius 2 is 2.21 bits per heavy atom. The smallest absolute Gasteiger partial charge is 0.153 e. The monoisotopic (exact) mass is 366 g/mol. The van der Waals surface area contributed by atoms with Crippen LogP contribution in [-0.2, 0) is 9.84 Å². The summed E-state index contributed by atoms with van der Waals surface area (Å²) in [6.07, 6.45) is 0. The maximum Gasteiger partial charge on any atom is 0.153 e. The van der Waals surface area contributed by atoms with E-state index in [1.807, 2.05) is 19.9 Å². The molecule has 1 aliphatic rings. The van der Waals surface area contributed by atoms with Crippen molar-refractivity contribution in [1.29, 1.82) is 0 Å². The van der Waals surface area contributed by atoms with Gasteiger partial charge in [0.1, 0.15) is 0 Å². The van der Waals surface area contributed by atoms with Gasteiger partial charge in [-0.15, -0.1) is 11.3 Å². The van der Waals surface area contributed by atoms with Crippen molar-refractivity contribution in [3.8, 4) is 0 Å². The second-order valence-corrected chi connectivity index (χ2v) is 9.87. The maximum absolute atomic E-state index is 11.7. The third-order valence-corrected chi connectivity index (χ3v) is 6.95. The summed E-state index contributed by atoms with van der Waals surface area (Å²) in [5.41, 5.74) is 6.14. The van der Waals surface area contributed by atoms with Crippen LogP contribution in [0.2, 0.25) is 0 Å². The highest BCUT2D eigenvalue weighted by Gasteiger charge is 2.35. The van der Waals surface area contributed by atoms with Crippen LogP contribution in [0, 0.1) is 0 Å². The number of hydrogen-bond donors (Lipinski definition) is 1. The Labute approximate surface area is 127 Å². The Kier molecular flexibility index (Phi) is 4.72. The summed E-state index contributed by atoms with van der Waals surface area (Å²) in [5.74, 6) is 0.454. The lowest BCUT2D eigenvalue weighted by Crippen LogP contribution is -2.51. The van der Waals surface area contributed by atoms with Gasteiger partial charge in [-0.1, -0.05) is 0 Å². The van der Waals surface area contributed by atoms with Crippen molar-refractivity contribution in [2.24, 2.45) is 5.73 Å². The Hall–Kier alpha value is 0.0500. The Morgan fingerprint density at radius 3 is 2.68 bits per heavy atom. The highest BCUT2D eigenvalue weighted by Crippen LogP contribution is 2.34. The van der Waals surface area contributed by atoms with E-state index in [9.17, 15) is 8.42 Å². The average molecular weight is 367 g/mol. The summed E-state index contributed by atoms with van der Waals surface area (Å²) < 4.78 is 24.4. The Balaban J connectivity index is 2.26. The second-order valence-electron chi connectivity index (χ2n) is 5.15. The first kappa shape index (κ1) is 15.4. The number of sulfone groups is 1. The normalized spacial score (nSPS) is 27.1. The van der Waals surface area contributed by atoms with Gasteiger partial charge in [0, 0.05) is 23.5 Å². The van der Waals surface area contributed by atoms with Crippen molar-refractivity contribution < 1.29 is 8.42 Å². The molecule has 0 aromatic carbocycles. The van der Waals surface area contributed by atoms with Crippen molar-refractivity contribution >= 4 is 37.1 Å². The van der Waals surface area contributed by atoms with Crippen molar-refractivity contribution in [1.82, 2.24) is 4.90 Å². The first-order valence-electron chi connectivity index (χ1n) is 6.27. The van der Waals surface area contributed by atoms with Crippen molar-refractivity contribution in [3.63, 3.8) is 0 Å². The van der Waals surface area contributed by atoms with Crippen LogP contribution in [0.3, 0.4) is 0 Å². The molecule has 0 saturated carbocycles. The van der Waals surface area contributed by atoms with E-state index in [1.54, 1.807) is 11.3 Å². The summed E-state index contributed by atoms with van der Waals surface area (Å²) in [5, 5.41) is 0. The number of nitrogens with zero attached hydrogens (tertiary/aromatic N) is 1. The van der Waals surface area contributed by atoms with Gasteiger partial charge in [0.15, 0.2) is 9.84 Å². The number of hydrogen-bond acceptors (Lipinski definition) is 5. The summed E-state index contributed by atoms with van der Waals surface area (Å²) in [6.45, 7) is 4.51. The van der Waals surface area contributed by atoms with Crippen LogP contribution in [-0.4, -0.2) is 43.5 Å². The SMILES string of the molecule is CC(N)C(c1ccc(Br)s1)N1CCS(=O)(=O)CC1C. The fourth-order valence-electron chi connectivity index (χ4n) is 2.64. The van der Waals surface area contributed by atoms with Gasteiger partial charge in [-0.2, -0.15) is 0 Å². The van der Waals surface area contributed by atoms with Crippen LogP contribution in [0.15, 0.2) is 15.9 Å². The first-order chi connectivity index (χ1) is 8.80. The van der Waals surface area contributed by atoms with Gasteiger partial charge in [0.05, 0.1) is 21.3 Å². The molecule has 1 aliphatic heterocycles. The lowest BCUT2D eigenvalue weighted by atomic mass is 10.1. The predicted molar refractivity (Wildman–Crippen MR) is 83.2 cm³/mol. The molecule has 0 bridgehead atoms. The summed E-state index contributed by atoms with van der Waals surface area (Å²) in [7, 11) is -2.89. The summed E-state index contributed by atoms with van der Waals surface area (Å²) >= 11 is 5.14. The Morgan fingerprint density at radius 1 is 1.53 bits per heavy atom. The fourth-order valence-corrected chi connectivity index (χ4v) is 5.88. The minimum Gasteiger partial charge on any atom is -0.326 e. The van der Waals surface area contributed by atoms with E-state index in [0.717, 1.165) is 3.79 Å². The molecule has 0 radical (unpaired) electrons. The minimum absolute atomic E-state index is 0.00984. The molecule has 1 saturated heterocycles. The third-order valence-electron chi connectivity index (χ3n) is 3.46. The number of nitrogens with two attached hydrogens (primary N) is 1. The van der Waals surface area contributed by atoms with E-state index in [-0.39, 0.29) is 29.6 Å². The fraction of sp³-hybridized carbons (Fsp3) is 0.667. The maximum atomic E-state index is 11.7. The summed E-state index contributed by atoms with van der Waals surface area (Å²) in [6, 6.07) is 4.14. The quantitative estimate of drug-likeness (QED) is 0.888. The number of rotatable bonds is 3. The molecule has 0 spiro atoms. The van der Waals surface area contributed by atoms with E-state index >= 15 is 0 Å². The highest BCUT2D eigenvalue weighted by molar-refractivity contribution is 9.11. The molecule has 19 heavy (non-hydrogen) atoms. The number of halogens is 1. The molecule has 4 nitrogen and oxygen atoms in total. The van der Waals surface area contributed by atoms with Crippen molar-refractivity contribution in [2.75, 3.05) is 18.1 Å². The van der Waals surface area contributed by atoms with Gasteiger partial charge in [0.2, 0.25) is 0 Å². The van der Waals surface area contributed by atoms with Crippen LogP contribution in [0.1, 0.15) is 24.8 Å². The van der Waals surface area contributed by atoms with E-state index in [2.05, 4.69) is 26.9 Å². The minimum atomic E-state index is -2.89. The molecule has 7 heteroatoms. The molecule has 2 N–H and O–H groups in total. The third kappa shape index (κ3) is 3.58. The molecule has 3 atom stereocenters. The van der Waals surface area contributed by atoms with Gasteiger partial charge in [0.25, 0.3) is 0 Å². The van der Waals surface area contributed by atoms with Crippen LogP contribution in [0.4, 0.5) is 0 Å². The molecule has 2 heterocycles. The predicted octanol–water partition coefficient (Wildman–Crippen LogP) is 2.02. The molecule has 0 amide bonds. The standard InChI is InChI=1S/C12H19BrN2O2S2/c1-8-7-19(16,17)6-5-15(8)12(9(2)14)10-3-4-11(13)18-10/h3-4,8-9,12H,5-7,14H2,1-2H3. The van der Waals surface area contributed by atoms with E-state index in [0.29, 0.717) is 6.54 Å². The van der Waals surface area contributed by atoms with Gasteiger partial charge < -0.3 is 5.73 Å². The highest BCUT2D eigenvalue weighted by atomic mass is 79.9. The molecular formula is C12H19BrN2O2S2. The summed E-state index contributed by atoms with van der Waals surface area (Å²) in [4.78, 5) is 3.41. The van der Waals surface area contributed by atoms with Crippen molar-refractivity contribution in [3.05, 3.63) is 20.8 Å². The van der Waals surface area contributed by atoms with Crippen LogP contribution < -0.4 is 5.73 Å². The average Bonchev–Trinajstić information content (AvgIpc) is 2.67. The molecule has 1 aromatic heterocycles. The molecule has 3 unspecified atom stereocenters. The lowest BCUT2D eigenvalue weighted by Gasteiger charge is -2.40. The Bertz CT molecular complexity index is 542. The zero-order valence-corrected chi connectivity index (χ0v) is 14.3. The van der Waals surface area contributed by atoms with E-state index in [4.69, 9.17) is 5.73 Å². The van der Waals surface area contributed by atoms with Crippen LogP contribution in [0.25, 0.3) is 0 Å². The van der Waals surface area contributed by atoms with E-state index in [1.165, 1.54) is 4.88 Å². The van der Waals surface area contributed by atoms with Gasteiger partial charge in [-0.3, -0.25) is 4.90 Å². The molecule has 0 aliphatic carbocycles. The topological polar surface area (TPSA) is 63.4 Å². The van der Waals surface area contributed by atoms with Gasteiger partial charge >= 0.3 is 0 Å². The zero-order chi connectivity index (χ0) is 14.2. The largest absolute Gasteiger partial charge is 0.326 e. The zero-order valence-electron chi connectivity index (χ0n) is 11.0. The molecule has 1 aromatic rings. The lowest BCUT2D eigenvalue weighted by molar-refractivity contribution is 0.142. The number of thiophene rings is 1. The molecule has 2 rings (SSSR count). The van der Waals surface area contributed by atoms with Gasteiger partial charge in [-0.05, 0) is 41.9 Å².